The summed E-state index contributed by atoms with van der Waals surface area (Å²) in [5.41, 5.74) is 0.753. The van der Waals surface area contributed by atoms with Crippen molar-refractivity contribution in [1.29, 1.82) is 0 Å². The van der Waals surface area contributed by atoms with Crippen LogP contribution >= 0.6 is 0 Å². The molecular weight excluding hydrogens is 254 g/mol. The Morgan fingerprint density at radius 2 is 2.30 bits per heavy atom. The number of nitrogens with zero attached hydrogens (tertiary/aromatic N) is 2. The van der Waals surface area contributed by atoms with Gasteiger partial charge < -0.3 is 5.32 Å². The van der Waals surface area contributed by atoms with E-state index in [0.717, 1.165) is 24.8 Å². The molecule has 0 bridgehead atoms. The molecule has 1 fully saturated rings. The fourth-order valence-corrected chi connectivity index (χ4v) is 3.13. The van der Waals surface area contributed by atoms with Crippen molar-refractivity contribution in [2.75, 3.05) is 11.9 Å². The van der Waals surface area contributed by atoms with Crippen molar-refractivity contribution < 1.29 is 4.92 Å². The van der Waals surface area contributed by atoms with Gasteiger partial charge in [0.05, 0.1) is 4.92 Å². The number of rotatable bonds is 5. The van der Waals surface area contributed by atoms with E-state index in [9.17, 15) is 10.1 Å². The molecule has 0 radical (unpaired) electrons. The van der Waals surface area contributed by atoms with E-state index in [4.69, 9.17) is 0 Å². The number of pyridine rings is 1. The highest BCUT2D eigenvalue weighted by molar-refractivity contribution is 5.59. The molecule has 0 aromatic carbocycles. The molecule has 2 unspecified atom stereocenters. The van der Waals surface area contributed by atoms with Gasteiger partial charge in [-0.1, -0.05) is 26.2 Å². The van der Waals surface area contributed by atoms with Gasteiger partial charge in [-0.05, 0) is 37.7 Å². The number of nitro groups is 1. The molecule has 1 aliphatic rings. The molecule has 0 amide bonds. The number of nitrogens with one attached hydrogen (secondary N) is 1. The summed E-state index contributed by atoms with van der Waals surface area (Å²) in [6, 6.07) is 1.67. The number of aryl methyl sites for hydroxylation is 1. The Bertz CT molecular complexity index is 476. The molecule has 110 valence electrons. The lowest BCUT2D eigenvalue weighted by Gasteiger charge is -2.26. The second-order valence-corrected chi connectivity index (χ2v) is 5.94. The summed E-state index contributed by atoms with van der Waals surface area (Å²) < 4.78 is 0. The van der Waals surface area contributed by atoms with E-state index in [1.807, 2.05) is 0 Å². The van der Waals surface area contributed by atoms with E-state index in [2.05, 4.69) is 17.2 Å². The van der Waals surface area contributed by atoms with Gasteiger partial charge in [0.1, 0.15) is 0 Å². The minimum Gasteiger partial charge on any atom is -0.364 e. The number of anilines is 1. The molecule has 20 heavy (non-hydrogen) atoms. The molecule has 1 heterocycles. The van der Waals surface area contributed by atoms with Gasteiger partial charge in [-0.2, -0.15) is 0 Å². The van der Waals surface area contributed by atoms with Crippen molar-refractivity contribution in [2.45, 2.75) is 46.0 Å². The predicted octanol–water partition coefficient (Wildman–Crippen LogP) is 3.93. The minimum absolute atomic E-state index is 0.101. The van der Waals surface area contributed by atoms with E-state index in [0.29, 0.717) is 11.4 Å². The Hall–Kier alpha value is -1.65. The molecule has 1 N–H and O–H groups in total. The maximum Gasteiger partial charge on any atom is 0.314 e. The number of aromatic nitrogens is 1. The highest BCUT2D eigenvalue weighted by atomic mass is 16.6. The van der Waals surface area contributed by atoms with Gasteiger partial charge in [-0.3, -0.25) is 10.1 Å². The van der Waals surface area contributed by atoms with Crippen LogP contribution in [0.25, 0.3) is 0 Å². The predicted molar refractivity (Wildman–Crippen MR) is 79.9 cm³/mol. The van der Waals surface area contributed by atoms with Crippen LogP contribution in [-0.4, -0.2) is 16.5 Å². The normalized spacial score (nSPS) is 22.5. The lowest BCUT2D eigenvalue weighted by Crippen LogP contribution is -2.17. The van der Waals surface area contributed by atoms with Crippen LogP contribution in [0, 0.1) is 28.9 Å². The first-order chi connectivity index (χ1) is 9.58. The zero-order valence-electron chi connectivity index (χ0n) is 12.3. The average Bonchev–Trinajstić information content (AvgIpc) is 2.38. The monoisotopic (exact) mass is 277 g/mol. The van der Waals surface area contributed by atoms with Crippen molar-refractivity contribution in [3.05, 3.63) is 27.9 Å². The average molecular weight is 277 g/mol. The molecule has 1 saturated carbocycles. The molecule has 0 spiro atoms. The maximum absolute atomic E-state index is 11.1. The molecule has 5 heteroatoms. The first-order valence-corrected chi connectivity index (χ1v) is 7.41. The van der Waals surface area contributed by atoms with E-state index < -0.39 is 0 Å². The lowest BCUT2D eigenvalue weighted by atomic mass is 9.81. The molecule has 5 nitrogen and oxygen atoms in total. The summed E-state index contributed by atoms with van der Waals surface area (Å²) in [4.78, 5) is 14.8. The summed E-state index contributed by atoms with van der Waals surface area (Å²) >= 11 is 0. The zero-order chi connectivity index (χ0) is 14.5. The largest absolute Gasteiger partial charge is 0.364 e. The lowest BCUT2D eigenvalue weighted by molar-refractivity contribution is -0.384. The molecular formula is C15H23N3O2. The fraction of sp³-hybridized carbons (Fsp3) is 0.667. The SMILES string of the molecule is Cc1ccnc(NCCC2CCCC(C)C2)c1[N+](=O)[O-]. The van der Waals surface area contributed by atoms with Crippen molar-refractivity contribution in [2.24, 2.45) is 11.8 Å². The molecule has 2 rings (SSSR count). The van der Waals surface area contributed by atoms with E-state index in [1.54, 1.807) is 19.2 Å². The maximum atomic E-state index is 11.1. The number of hydrogen-bond acceptors (Lipinski definition) is 4. The van der Waals surface area contributed by atoms with Crippen molar-refractivity contribution >= 4 is 11.5 Å². The van der Waals surface area contributed by atoms with Crippen LogP contribution in [0.5, 0.6) is 0 Å². The number of hydrogen-bond donors (Lipinski definition) is 1. The van der Waals surface area contributed by atoms with Gasteiger partial charge in [0, 0.05) is 18.3 Å². The Balaban J connectivity index is 1.91. The van der Waals surface area contributed by atoms with Crippen LogP contribution in [0.15, 0.2) is 12.3 Å². The van der Waals surface area contributed by atoms with Gasteiger partial charge >= 0.3 is 5.69 Å². The van der Waals surface area contributed by atoms with Crippen molar-refractivity contribution in [3.63, 3.8) is 0 Å². The van der Waals surface area contributed by atoms with Crippen molar-refractivity contribution in [3.8, 4) is 0 Å². The summed E-state index contributed by atoms with van der Waals surface area (Å²) in [6.45, 7) is 4.81. The van der Waals surface area contributed by atoms with Crippen LogP contribution in [0.3, 0.4) is 0 Å². The Morgan fingerprint density at radius 1 is 1.50 bits per heavy atom. The van der Waals surface area contributed by atoms with Crippen LogP contribution in [0.1, 0.15) is 44.6 Å². The fourth-order valence-electron chi connectivity index (χ4n) is 3.13. The van der Waals surface area contributed by atoms with E-state index in [-0.39, 0.29) is 10.6 Å². The van der Waals surface area contributed by atoms with Gasteiger partial charge in [0.25, 0.3) is 0 Å². The first kappa shape index (κ1) is 14.8. The molecule has 1 aliphatic carbocycles. The van der Waals surface area contributed by atoms with E-state index >= 15 is 0 Å². The third kappa shape index (κ3) is 3.68. The summed E-state index contributed by atoms with van der Waals surface area (Å²) in [6.07, 6.45) is 7.91. The molecule has 0 saturated heterocycles. The molecule has 2 atom stereocenters. The zero-order valence-corrected chi connectivity index (χ0v) is 12.3. The topological polar surface area (TPSA) is 68.1 Å². The first-order valence-electron chi connectivity index (χ1n) is 7.41. The summed E-state index contributed by atoms with van der Waals surface area (Å²) in [5, 5.41) is 14.2. The van der Waals surface area contributed by atoms with Crippen LogP contribution in [0.4, 0.5) is 11.5 Å². The minimum atomic E-state index is -0.354. The van der Waals surface area contributed by atoms with Gasteiger partial charge in [0.15, 0.2) is 0 Å². The Kier molecular flexibility index (Phi) is 4.93. The van der Waals surface area contributed by atoms with Gasteiger partial charge in [-0.15, -0.1) is 0 Å². The quantitative estimate of drug-likeness (QED) is 0.654. The van der Waals surface area contributed by atoms with E-state index in [1.165, 1.54) is 25.7 Å². The van der Waals surface area contributed by atoms with Crippen LogP contribution in [-0.2, 0) is 0 Å². The highest BCUT2D eigenvalue weighted by Gasteiger charge is 2.20. The van der Waals surface area contributed by atoms with Crippen molar-refractivity contribution in [1.82, 2.24) is 4.98 Å². The standard InChI is InChI=1S/C15H23N3O2/c1-11-4-3-5-13(10-11)7-9-17-15-14(18(19)20)12(2)6-8-16-15/h6,8,11,13H,3-5,7,9-10H2,1-2H3,(H,16,17). The summed E-state index contributed by atoms with van der Waals surface area (Å²) in [5.74, 6) is 1.97. The second-order valence-electron chi connectivity index (χ2n) is 5.94. The Morgan fingerprint density at radius 3 is 3.00 bits per heavy atom. The van der Waals surface area contributed by atoms with Gasteiger partial charge in [0.2, 0.25) is 5.82 Å². The van der Waals surface area contributed by atoms with Gasteiger partial charge in [-0.25, -0.2) is 4.98 Å². The molecule has 1 aromatic rings. The van der Waals surface area contributed by atoms with Crippen LogP contribution < -0.4 is 5.32 Å². The smallest absolute Gasteiger partial charge is 0.314 e. The second kappa shape index (κ2) is 6.68. The van der Waals surface area contributed by atoms with Crippen LogP contribution in [0.2, 0.25) is 0 Å². The Labute approximate surface area is 119 Å². The third-order valence-electron chi connectivity index (χ3n) is 4.20. The highest BCUT2D eigenvalue weighted by Crippen LogP contribution is 2.31. The molecule has 0 aliphatic heterocycles. The molecule has 1 aromatic heterocycles. The summed E-state index contributed by atoms with van der Waals surface area (Å²) in [7, 11) is 0. The third-order valence-corrected chi connectivity index (χ3v) is 4.20.